The average Bonchev–Trinajstić information content (AvgIpc) is 3.34. The number of hydrogen-bond donors (Lipinski definition) is 1. The van der Waals surface area contributed by atoms with Crippen molar-refractivity contribution in [2.24, 2.45) is 0 Å². The zero-order valence-electron chi connectivity index (χ0n) is 14.4. The standard InChI is InChI=1S/C20H17N3O3/c1-12-3-8-18-22-19(16-6-4-13(2)26-16)20(23(18)10-12)21-14-5-7-15-17(9-14)25-11-24-15/h3-10,21H,11H2,1-2H3. The van der Waals surface area contributed by atoms with Gasteiger partial charge in [-0.05, 0) is 49.7 Å². The van der Waals surface area contributed by atoms with Gasteiger partial charge in [0.1, 0.15) is 22.9 Å². The van der Waals surface area contributed by atoms with Crippen LogP contribution in [0.3, 0.4) is 0 Å². The van der Waals surface area contributed by atoms with Gasteiger partial charge in [-0.1, -0.05) is 6.07 Å². The lowest BCUT2D eigenvalue weighted by molar-refractivity contribution is 0.174. The molecular formula is C20H17N3O3. The van der Waals surface area contributed by atoms with Gasteiger partial charge in [0.2, 0.25) is 6.79 Å². The van der Waals surface area contributed by atoms with Gasteiger partial charge in [-0.15, -0.1) is 0 Å². The van der Waals surface area contributed by atoms with Gasteiger partial charge in [0, 0.05) is 18.0 Å². The van der Waals surface area contributed by atoms with Gasteiger partial charge in [0.25, 0.3) is 0 Å². The Labute approximate surface area is 150 Å². The summed E-state index contributed by atoms with van der Waals surface area (Å²) >= 11 is 0. The van der Waals surface area contributed by atoms with Crippen LogP contribution in [0.15, 0.2) is 53.1 Å². The monoisotopic (exact) mass is 347 g/mol. The molecule has 0 saturated heterocycles. The molecule has 26 heavy (non-hydrogen) atoms. The van der Waals surface area contributed by atoms with Crippen LogP contribution in [0.25, 0.3) is 17.1 Å². The Hall–Kier alpha value is -3.41. The third-order valence-corrected chi connectivity index (χ3v) is 4.38. The molecule has 4 heterocycles. The lowest BCUT2D eigenvalue weighted by atomic mass is 10.2. The molecule has 0 saturated carbocycles. The number of aryl methyl sites for hydroxylation is 2. The van der Waals surface area contributed by atoms with E-state index in [0.717, 1.165) is 51.4 Å². The molecule has 0 atom stereocenters. The average molecular weight is 347 g/mol. The van der Waals surface area contributed by atoms with Crippen molar-refractivity contribution in [3.8, 4) is 23.0 Å². The summed E-state index contributed by atoms with van der Waals surface area (Å²) in [6.45, 7) is 4.24. The molecule has 5 rings (SSSR count). The summed E-state index contributed by atoms with van der Waals surface area (Å²) in [5.74, 6) is 3.91. The fourth-order valence-corrected chi connectivity index (χ4v) is 3.11. The van der Waals surface area contributed by atoms with Crippen LogP contribution < -0.4 is 14.8 Å². The molecule has 6 nitrogen and oxygen atoms in total. The summed E-state index contributed by atoms with van der Waals surface area (Å²) in [5.41, 5.74) is 3.65. The second-order valence-corrected chi connectivity index (χ2v) is 6.35. The van der Waals surface area contributed by atoms with E-state index in [4.69, 9.17) is 18.9 Å². The van der Waals surface area contributed by atoms with Crippen LogP contribution in [0.4, 0.5) is 11.5 Å². The number of anilines is 2. The van der Waals surface area contributed by atoms with Crippen LogP contribution in [0.2, 0.25) is 0 Å². The number of furan rings is 1. The Morgan fingerprint density at radius 2 is 1.88 bits per heavy atom. The maximum absolute atomic E-state index is 5.82. The fraction of sp³-hybridized carbons (Fsp3) is 0.150. The molecule has 1 N–H and O–H groups in total. The van der Waals surface area contributed by atoms with Crippen LogP contribution in [0, 0.1) is 13.8 Å². The molecule has 0 radical (unpaired) electrons. The number of rotatable bonds is 3. The Balaban J connectivity index is 1.66. The molecule has 3 aromatic heterocycles. The Morgan fingerprint density at radius 3 is 2.73 bits per heavy atom. The number of nitrogens with zero attached hydrogens (tertiary/aromatic N) is 2. The summed E-state index contributed by atoms with van der Waals surface area (Å²) in [7, 11) is 0. The van der Waals surface area contributed by atoms with Gasteiger partial charge in [0.05, 0.1) is 0 Å². The number of benzene rings is 1. The number of nitrogens with one attached hydrogen (secondary N) is 1. The quantitative estimate of drug-likeness (QED) is 0.583. The Bertz CT molecular complexity index is 1130. The molecule has 130 valence electrons. The van der Waals surface area contributed by atoms with Crippen molar-refractivity contribution in [3.05, 3.63) is 60.0 Å². The molecule has 0 fully saturated rings. The number of pyridine rings is 1. The van der Waals surface area contributed by atoms with Crippen molar-refractivity contribution in [1.82, 2.24) is 9.38 Å². The highest BCUT2D eigenvalue weighted by Crippen LogP contribution is 2.37. The zero-order valence-corrected chi connectivity index (χ0v) is 14.4. The van der Waals surface area contributed by atoms with Gasteiger partial charge in [-0.25, -0.2) is 4.98 Å². The largest absolute Gasteiger partial charge is 0.460 e. The number of ether oxygens (including phenoxy) is 2. The summed E-state index contributed by atoms with van der Waals surface area (Å²) < 4.78 is 18.7. The van der Waals surface area contributed by atoms with E-state index in [1.165, 1.54) is 0 Å². The van der Waals surface area contributed by atoms with E-state index >= 15 is 0 Å². The molecule has 0 unspecified atom stereocenters. The van der Waals surface area contributed by atoms with Gasteiger partial charge >= 0.3 is 0 Å². The smallest absolute Gasteiger partial charge is 0.231 e. The van der Waals surface area contributed by atoms with Gasteiger partial charge in [0.15, 0.2) is 17.3 Å². The van der Waals surface area contributed by atoms with Crippen LogP contribution in [-0.2, 0) is 0 Å². The Morgan fingerprint density at radius 1 is 1.00 bits per heavy atom. The molecule has 0 bridgehead atoms. The van der Waals surface area contributed by atoms with Crippen LogP contribution >= 0.6 is 0 Å². The second-order valence-electron chi connectivity index (χ2n) is 6.35. The number of aromatic nitrogens is 2. The minimum atomic E-state index is 0.254. The van der Waals surface area contributed by atoms with E-state index in [-0.39, 0.29) is 6.79 Å². The van der Waals surface area contributed by atoms with Gasteiger partial charge in [-0.2, -0.15) is 0 Å². The van der Waals surface area contributed by atoms with Crippen molar-refractivity contribution < 1.29 is 13.9 Å². The predicted molar refractivity (Wildman–Crippen MR) is 98.2 cm³/mol. The fourth-order valence-electron chi connectivity index (χ4n) is 3.11. The first kappa shape index (κ1) is 14.9. The summed E-state index contributed by atoms with van der Waals surface area (Å²) in [6.07, 6.45) is 2.05. The SMILES string of the molecule is Cc1ccc2nc(-c3ccc(C)o3)c(Nc3ccc4c(c3)OCO4)n2c1. The van der Waals surface area contributed by atoms with Crippen molar-refractivity contribution in [2.75, 3.05) is 12.1 Å². The summed E-state index contributed by atoms with van der Waals surface area (Å²) in [4.78, 5) is 4.76. The zero-order chi connectivity index (χ0) is 17.7. The molecular weight excluding hydrogens is 330 g/mol. The van der Waals surface area contributed by atoms with E-state index in [9.17, 15) is 0 Å². The first-order valence-electron chi connectivity index (χ1n) is 8.39. The number of fused-ring (bicyclic) bond motifs is 2. The van der Waals surface area contributed by atoms with Crippen LogP contribution in [0.5, 0.6) is 11.5 Å². The van der Waals surface area contributed by atoms with E-state index in [1.54, 1.807) is 0 Å². The lowest BCUT2D eigenvalue weighted by Gasteiger charge is -2.09. The molecule has 0 spiro atoms. The first-order valence-corrected chi connectivity index (χ1v) is 8.39. The van der Waals surface area contributed by atoms with Gasteiger partial charge < -0.3 is 19.2 Å². The van der Waals surface area contributed by atoms with Crippen molar-refractivity contribution in [3.63, 3.8) is 0 Å². The molecule has 0 amide bonds. The van der Waals surface area contributed by atoms with E-state index in [2.05, 4.69) is 18.4 Å². The summed E-state index contributed by atoms with van der Waals surface area (Å²) in [6, 6.07) is 13.7. The highest BCUT2D eigenvalue weighted by molar-refractivity contribution is 5.78. The maximum Gasteiger partial charge on any atom is 0.231 e. The predicted octanol–water partition coefficient (Wildman–Crippen LogP) is 4.68. The topological polar surface area (TPSA) is 60.9 Å². The van der Waals surface area contributed by atoms with Crippen molar-refractivity contribution in [1.29, 1.82) is 0 Å². The van der Waals surface area contributed by atoms with E-state index < -0.39 is 0 Å². The van der Waals surface area contributed by atoms with Gasteiger partial charge in [-0.3, -0.25) is 4.40 Å². The number of hydrogen-bond acceptors (Lipinski definition) is 5. The van der Waals surface area contributed by atoms with E-state index in [1.807, 2.05) is 53.8 Å². The highest BCUT2D eigenvalue weighted by Gasteiger charge is 2.19. The lowest BCUT2D eigenvalue weighted by Crippen LogP contribution is -1.97. The Kier molecular flexibility index (Phi) is 3.18. The van der Waals surface area contributed by atoms with Crippen LogP contribution in [-0.4, -0.2) is 16.2 Å². The maximum atomic E-state index is 5.82. The number of imidazole rings is 1. The third-order valence-electron chi connectivity index (χ3n) is 4.38. The molecule has 6 heteroatoms. The molecule has 0 aliphatic carbocycles. The van der Waals surface area contributed by atoms with Crippen molar-refractivity contribution >= 4 is 17.2 Å². The summed E-state index contributed by atoms with van der Waals surface area (Å²) in [5, 5.41) is 3.47. The minimum absolute atomic E-state index is 0.254. The first-order chi connectivity index (χ1) is 12.7. The van der Waals surface area contributed by atoms with E-state index in [0.29, 0.717) is 0 Å². The highest BCUT2D eigenvalue weighted by atomic mass is 16.7. The van der Waals surface area contributed by atoms with Crippen molar-refractivity contribution in [2.45, 2.75) is 13.8 Å². The normalized spacial score (nSPS) is 12.7. The molecule has 1 aliphatic rings. The molecule has 1 aromatic carbocycles. The molecule has 1 aliphatic heterocycles. The minimum Gasteiger partial charge on any atom is -0.460 e. The molecule has 4 aromatic rings. The third kappa shape index (κ3) is 2.38. The van der Waals surface area contributed by atoms with Crippen LogP contribution in [0.1, 0.15) is 11.3 Å². The second kappa shape index (κ2) is 5.56.